The predicted octanol–water partition coefficient (Wildman–Crippen LogP) is 3.11. The largest absolute Gasteiger partial charge is 0.509 e. The molecule has 0 aliphatic carbocycles. The fourth-order valence-corrected chi connectivity index (χ4v) is 2.92. The lowest BCUT2D eigenvalue weighted by Crippen LogP contribution is -2.18. The molecule has 3 rings (SSSR count). The normalized spacial score (nSPS) is 12.1. The Morgan fingerprint density at radius 2 is 2.07 bits per heavy atom. The molecule has 2 aliphatic heterocycles. The molecule has 6 nitrogen and oxygen atoms in total. The lowest BCUT2D eigenvalue weighted by molar-refractivity contribution is 0.276. The second-order valence-electron chi connectivity index (χ2n) is 6.12. The maximum Gasteiger partial charge on any atom is 0.280 e. The Morgan fingerprint density at radius 1 is 1.33 bits per heavy atom. The van der Waals surface area contributed by atoms with Crippen molar-refractivity contribution >= 4 is 5.57 Å². The monoisotopic (exact) mass is 363 g/mol. The van der Waals surface area contributed by atoms with Gasteiger partial charge in [-0.1, -0.05) is 49.1 Å². The molecular weight excluding hydrogens is 342 g/mol. The van der Waals surface area contributed by atoms with Crippen molar-refractivity contribution in [1.82, 2.24) is 14.5 Å². The number of rotatable bonds is 6. The van der Waals surface area contributed by atoms with E-state index in [1.165, 1.54) is 10.6 Å². The number of nitrogens with one attached hydrogen (secondary N) is 1. The van der Waals surface area contributed by atoms with Gasteiger partial charge in [-0.15, -0.1) is 0 Å². The Balaban J connectivity index is 2.23. The van der Waals surface area contributed by atoms with Crippen LogP contribution in [0.3, 0.4) is 0 Å². The number of aromatic amines is 1. The van der Waals surface area contributed by atoms with Crippen LogP contribution in [0.1, 0.15) is 29.6 Å². The second-order valence-corrected chi connectivity index (χ2v) is 6.12. The fourth-order valence-electron chi connectivity index (χ4n) is 2.92. The minimum atomic E-state index is -0.425. The third kappa shape index (κ3) is 3.91. The summed E-state index contributed by atoms with van der Waals surface area (Å²) in [5, 5.41) is 19.0. The molecule has 0 saturated heterocycles. The van der Waals surface area contributed by atoms with Crippen molar-refractivity contribution in [3.05, 3.63) is 100 Å². The highest BCUT2D eigenvalue weighted by atomic mass is 16.3. The van der Waals surface area contributed by atoms with Crippen molar-refractivity contribution in [3.63, 3.8) is 0 Å². The van der Waals surface area contributed by atoms with Crippen molar-refractivity contribution in [1.29, 1.82) is 0 Å². The number of aromatic nitrogens is 3. The first-order valence-electron chi connectivity index (χ1n) is 8.54. The van der Waals surface area contributed by atoms with E-state index in [0.717, 1.165) is 11.3 Å². The highest BCUT2D eigenvalue weighted by Gasteiger charge is 2.20. The van der Waals surface area contributed by atoms with Crippen LogP contribution in [0.4, 0.5) is 0 Å². The molecule has 0 bridgehead atoms. The molecule has 0 spiro atoms. The topological polar surface area (TPSA) is 91.1 Å². The zero-order chi connectivity index (χ0) is 19.4. The molecule has 0 radical (unpaired) electrons. The molecule has 0 saturated carbocycles. The van der Waals surface area contributed by atoms with Crippen molar-refractivity contribution < 1.29 is 10.2 Å². The van der Waals surface area contributed by atoms with E-state index < -0.39 is 6.61 Å². The number of H-pyrrole nitrogens is 1. The van der Waals surface area contributed by atoms with E-state index in [9.17, 15) is 15.0 Å². The molecule has 0 fully saturated rings. The van der Waals surface area contributed by atoms with Crippen LogP contribution in [0.5, 0.6) is 0 Å². The molecule has 0 atom stereocenters. The number of imidazole rings is 1. The number of aliphatic hydroxyl groups excluding tert-OH is 2. The molecule has 0 amide bonds. The van der Waals surface area contributed by atoms with Gasteiger partial charge >= 0.3 is 0 Å². The van der Waals surface area contributed by atoms with Crippen molar-refractivity contribution in [3.8, 4) is 5.82 Å². The molecule has 0 aromatic heterocycles. The lowest BCUT2D eigenvalue weighted by atomic mass is 10.1. The van der Waals surface area contributed by atoms with E-state index in [-0.39, 0.29) is 17.0 Å². The summed E-state index contributed by atoms with van der Waals surface area (Å²) in [4.78, 5) is 20.2. The summed E-state index contributed by atoms with van der Waals surface area (Å²) in [6.07, 6.45) is 7.29. The summed E-state index contributed by atoms with van der Waals surface area (Å²) in [6, 6.07) is 9.81. The molecule has 1 aromatic rings. The van der Waals surface area contributed by atoms with E-state index in [1.54, 1.807) is 12.3 Å². The Bertz CT molecular complexity index is 1040. The smallest absolute Gasteiger partial charge is 0.280 e. The molecule has 3 N–H and O–H groups in total. The zero-order valence-electron chi connectivity index (χ0n) is 15.0. The molecule has 2 aliphatic rings. The molecule has 6 heteroatoms. The van der Waals surface area contributed by atoms with E-state index in [1.807, 2.05) is 43.3 Å². The van der Waals surface area contributed by atoms with Gasteiger partial charge in [-0.25, -0.2) is 4.98 Å². The summed E-state index contributed by atoms with van der Waals surface area (Å²) >= 11 is 0. The molecule has 1 aromatic carbocycles. The van der Waals surface area contributed by atoms with E-state index in [4.69, 9.17) is 0 Å². The number of aliphatic hydroxyl groups is 2. The van der Waals surface area contributed by atoms with Gasteiger partial charge in [0.25, 0.3) is 5.56 Å². The van der Waals surface area contributed by atoms with Crippen LogP contribution in [-0.4, -0.2) is 24.7 Å². The van der Waals surface area contributed by atoms with Crippen LogP contribution < -0.4 is 5.56 Å². The average Bonchev–Trinajstić information content (AvgIpc) is 2.98. The second kappa shape index (κ2) is 7.88. The van der Waals surface area contributed by atoms with Crippen LogP contribution in [0.25, 0.3) is 11.4 Å². The first-order chi connectivity index (χ1) is 13.0. The van der Waals surface area contributed by atoms with E-state index in [2.05, 4.69) is 16.5 Å². The first kappa shape index (κ1) is 18.4. The summed E-state index contributed by atoms with van der Waals surface area (Å²) < 4.78 is 1.42. The molecule has 27 heavy (non-hydrogen) atoms. The van der Waals surface area contributed by atoms with Crippen molar-refractivity contribution in [2.45, 2.75) is 20.0 Å². The molecular formula is C21H21N3O3. The summed E-state index contributed by atoms with van der Waals surface area (Å²) in [5.41, 5.74) is 2.81. The Morgan fingerprint density at radius 3 is 2.70 bits per heavy atom. The van der Waals surface area contributed by atoms with Crippen molar-refractivity contribution in [2.75, 3.05) is 0 Å². The van der Waals surface area contributed by atoms with Crippen LogP contribution in [0, 0.1) is 0 Å². The van der Waals surface area contributed by atoms with Gasteiger partial charge < -0.3 is 15.2 Å². The Kier molecular flexibility index (Phi) is 5.38. The van der Waals surface area contributed by atoms with Gasteiger partial charge in [0, 0.05) is 18.2 Å². The maximum absolute atomic E-state index is 12.5. The highest BCUT2D eigenvalue weighted by Crippen LogP contribution is 2.22. The van der Waals surface area contributed by atoms with Gasteiger partial charge in [-0.3, -0.25) is 9.36 Å². The van der Waals surface area contributed by atoms with Gasteiger partial charge in [0.2, 0.25) is 0 Å². The van der Waals surface area contributed by atoms with Crippen LogP contribution >= 0.6 is 0 Å². The third-order valence-electron chi connectivity index (χ3n) is 4.10. The Hall–Kier alpha value is -3.38. The standard InChI is InChI=1S/C21H21N3O3/c1-3-7-16(10-14(2)26)18-12-24-20(23-19(13-25)21(24)27)17(22-18)11-15-8-5-4-6-9-15/h3-10,12,22,25-26H,2,11,13H2,1H3/b7-3-,16-10+. The summed E-state index contributed by atoms with van der Waals surface area (Å²) in [5.74, 6) is 0.379. The predicted molar refractivity (Wildman–Crippen MR) is 105 cm³/mol. The average molecular weight is 363 g/mol. The number of hydrogen-bond acceptors (Lipinski definition) is 4. The molecule has 0 unspecified atom stereocenters. The van der Waals surface area contributed by atoms with Crippen LogP contribution in [0.15, 0.2) is 71.9 Å². The van der Waals surface area contributed by atoms with E-state index in [0.29, 0.717) is 23.5 Å². The molecule has 138 valence electrons. The van der Waals surface area contributed by atoms with Gasteiger partial charge in [-0.2, -0.15) is 0 Å². The van der Waals surface area contributed by atoms with Gasteiger partial charge in [0.05, 0.1) is 18.0 Å². The van der Waals surface area contributed by atoms with Crippen LogP contribution in [0.2, 0.25) is 0 Å². The first-order valence-corrected chi connectivity index (χ1v) is 8.54. The van der Waals surface area contributed by atoms with Gasteiger partial charge in [0.1, 0.15) is 11.5 Å². The third-order valence-corrected chi connectivity index (χ3v) is 4.10. The number of allylic oxidation sites excluding steroid dienone is 4. The fraction of sp³-hybridized carbons (Fsp3) is 0.143. The number of benzene rings is 1. The number of nitrogens with zero attached hydrogens (tertiary/aromatic N) is 2. The Labute approximate surface area is 156 Å². The minimum absolute atomic E-state index is 0.0924. The quantitative estimate of drug-likeness (QED) is 0.464. The SMILES string of the molecule is C=C(O)/C=C(\C=C/C)c1cn2c(=O)c(CO)nc-2c(Cc2ccccc2)[nH]1. The van der Waals surface area contributed by atoms with Crippen LogP contribution in [-0.2, 0) is 13.0 Å². The number of fused-ring (bicyclic) bond motifs is 1. The molecule has 2 heterocycles. The van der Waals surface area contributed by atoms with Gasteiger partial charge in [-0.05, 0) is 18.6 Å². The summed E-state index contributed by atoms with van der Waals surface area (Å²) in [7, 11) is 0. The van der Waals surface area contributed by atoms with Gasteiger partial charge in [0.15, 0.2) is 5.82 Å². The minimum Gasteiger partial charge on any atom is -0.509 e. The lowest BCUT2D eigenvalue weighted by Gasteiger charge is -2.14. The van der Waals surface area contributed by atoms with E-state index >= 15 is 0 Å². The zero-order valence-corrected chi connectivity index (χ0v) is 15.0. The van der Waals surface area contributed by atoms with Crippen molar-refractivity contribution in [2.24, 2.45) is 0 Å². The highest BCUT2D eigenvalue weighted by molar-refractivity contribution is 5.73. The summed E-state index contributed by atoms with van der Waals surface area (Å²) in [6.45, 7) is 4.94. The number of hydrogen-bond donors (Lipinski definition) is 3. The maximum atomic E-state index is 12.5.